The average Bonchev–Trinajstić information content (AvgIpc) is 3.09. The third-order valence-electron chi connectivity index (χ3n) is 3.87. The predicted octanol–water partition coefficient (Wildman–Crippen LogP) is 2.32. The van der Waals surface area contributed by atoms with Crippen LogP contribution in [0.15, 0.2) is 64.9 Å². The van der Waals surface area contributed by atoms with Gasteiger partial charge in [-0.3, -0.25) is 9.59 Å². The number of benzene rings is 2. The zero-order chi connectivity index (χ0) is 16.0. The van der Waals surface area contributed by atoms with E-state index in [4.69, 9.17) is 0 Å². The first-order chi connectivity index (χ1) is 11.2. The number of hydrogen-bond donors (Lipinski definition) is 0. The number of rotatable bonds is 2. The number of nitrogens with zero attached hydrogens (tertiary/aromatic N) is 4. The maximum Gasteiger partial charge on any atom is 0.263 e. The van der Waals surface area contributed by atoms with Gasteiger partial charge in [-0.1, -0.05) is 29.5 Å². The van der Waals surface area contributed by atoms with Crippen molar-refractivity contribution in [1.29, 1.82) is 0 Å². The van der Waals surface area contributed by atoms with Crippen molar-refractivity contribution in [1.82, 2.24) is 0 Å². The highest BCUT2D eigenvalue weighted by atomic mass is 19.1. The zero-order valence-electron chi connectivity index (χ0n) is 11.8. The Labute approximate surface area is 130 Å². The third-order valence-corrected chi connectivity index (χ3v) is 3.87. The van der Waals surface area contributed by atoms with E-state index in [-0.39, 0.29) is 0 Å². The summed E-state index contributed by atoms with van der Waals surface area (Å²) in [5.74, 6) is -1.29. The summed E-state index contributed by atoms with van der Waals surface area (Å²) in [5, 5.41) is 9.10. The van der Waals surface area contributed by atoms with E-state index in [1.165, 1.54) is 23.2 Å². The van der Waals surface area contributed by atoms with Gasteiger partial charge < -0.3 is 0 Å². The van der Waals surface area contributed by atoms with Crippen LogP contribution in [0.25, 0.3) is 0 Å². The number of amides is 2. The molecule has 6 nitrogen and oxygen atoms in total. The lowest BCUT2D eigenvalue weighted by atomic mass is 10.1. The van der Waals surface area contributed by atoms with Gasteiger partial charge in [0.2, 0.25) is 0 Å². The molecule has 2 amide bonds. The van der Waals surface area contributed by atoms with Crippen molar-refractivity contribution < 1.29 is 14.0 Å². The fraction of sp³-hybridized carbons (Fsp3) is 0.125. The van der Waals surface area contributed by atoms with E-state index < -0.39 is 29.7 Å². The van der Waals surface area contributed by atoms with Crippen molar-refractivity contribution in [2.75, 3.05) is 9.91 Å². The highest BCUT2D eigenvalue weighted by Crippen LogP contribution is 2.34. The van der Waals surface area contributed by atoms with Gasteiger partial charge in [-0.15, -0.1) is 0 Å². The molecule has 0 radical (unpaired) electrons. The summed E-state index contributed by atoms with van der Waals surface area (Å²) in [6.07, 6.45) is 0. The molecule has 0 aromatic heterocycles. The van der Waals surface area contributed by atoms with Crippen LogP contribution in [0, 0.1) is 5.82 Å². The van der Waals surface area contributed by atoms with Gasteiger partial charge in [-0.25, -0.2) is 14.3 Å². The summed E-state index contributed by atoms with van der Waals surface area (Å²) in [6, 6.07) is 12.6. The molecule has 0 aliphatic carbocycles. The van der Waals surface area contributed by atoms with Gasteiger partial charge in [-0.05, 0) is 30.3 Å². The Balaban J connectivity index is 1.72. The number of imide groups is 1. The van der Waals surface area contributed by atoms with Crippen LogP contribution in [0.5, 0.6) is 0 Å². The molecule has 2 aliphatic rings. The number of hydrogen-bond acceptors (Lipinski definition) is 5. The first-order valence-corrected chi connectivity index (χ1v) is 7.05. The van der Waals surface area contributed by atoms with E-state index in [9.17, 15) is 14.0 Å². The molecule has 7 heteroatoms. The van der Waals surface area contributed by atoms with Crippen LogP contribution >= 0.6 is 0 Å². The second-order valence-electron chi connectivity index (χ2n) is 5.27. The maximum absolute atomic E-state index is 13.4. The van der Waals surface area contributed by atoms with Gasteiger partial charge in [0.05, 0.1) is 11.4 Å². The second kappa shape index (κ2) is 4.98. The molecular formula is C16H11FN4O2. The van der Waals surface area contributed by atoms with Gasteiger partial charge in [-0.2, -0.15) is 5.11 Å². The third kappa shape index (κ3) is 2.01. The minimum Gasteiger partial charge on any atom is -0.271 e. The Hall–Kier alpha value is -3.09. The molecule has 0 saturated carbocycles. The quantitative estimate of drug-likeness (QED) is 0.800. The van der Waals surface area contributed by atoms with E-state index in [0.717, 1.165) is 4.90 Å². The monoisotopic (exact) mass is 310 g/mol. The summed E-state index contributed by atoms with van der Waals surface area (Å²) in [7, 11) is 0. The largest absolute Gasteiger partial charge is 0.271 e. The summed E-state index contributed by atoms with van der Waals surface area (Å²) in [5.41, 5.74) is 0.878. The van der Waals surface area contributed by atoms with E-state index in [0.29, 0.717) is 11.4 Å². The molecule has 2 atom stereocenters. The zero-order valence-corrected chi connectivity index (χ0v) is 11.8. The Kier molecular flexibility index (Phi) is 2.94. The lowest BCUT2D eigenvalue weighted by Gasteiger charge is -2.20. The van der Waals surface area contributed by atoms with Crippen molar-refractivity contribution in [3.8, 4) is 0 Å². The van der Waals surface area contributed by atoms with Crippen molar-refractivity contribution >= 4 is 23.2 Å². The van der Waals surface area contributed by atoms with Gasteiger partial charge >= 0.3 is 0 Å². The fourth-order valence-corrected chi connectivity index (χ4v) is 2.82. The molecule has 2 aromatic rings. The summed E-state index contributed by atoms with van der Waals surface area (Å²) < 4.78 is 13.4. The average molecular weight is 310 g/mol. The molecule has 23 heavy (non-hydrogen) atoms. The van der Waals surface area contributed by atoms with Crippen molar-refractivity contribution in [2.24, 2.45) is 10.3 Å². The normalized spacial score (nSPS) is 22.8. The van der Waals surface area contributed by atoms with E-state index in [1.54, 1.807) is 36.4 Å². The molecule has 0 bridgehead atoms. The lowest BCUT2D eigenvalue weighted by Crippen LogP contribution is -2.39. The smallest absolute Gasteiger partial charge is 0.263 e. The minimum atomic E-state index is -0.897. The Bertz CT molecular complexity index is 824. The number of fused-ring (bicyclic) bond motifs is 1. The Morgan fingerprint density at radius 2 is 1.65 bits per heavy atom. The van der Waals surface area contributed by atoms with Crippen molar-refractivity contribution in [3.05, 3.63) is 60.4 Å². The molecule has 0 N–H and O–H groups in total. The van der Waals surface area contributed by atoms with Crippen LogP contribution in [0.4, 0.5) is 15.8 Å². The fourth-order valence-electron chi connectivity index (χ4n) is 2.82. The number of anilines is 2. The van der Waals surface area contributed by atoms with Crippen LogP contribution < -0.4 is 9.91 Å². The molecule has 114 valence electrons. The standard InChI is InChI=1S/C16H11FN4O2/c17-10-5-4-8-12(9-10)21-14-13(18-19-21)15(22)20(16(14)23)11-6-2-1-3-7-11/h1-9,13-14H. The van der Waals surface area contributed by atoms with Crippen LogP contribution in [0.3, 0.4) is 0 Å². The van der Waals surface area contributed by atoms with E-state index >= 15 is 0 Å². The molecular weight excluding hydrogens is 299 g/mol. The SMILES string of the molecule is O=C1C2N=NN(c3cccc(F)c3)C2C(=O)N1c1ccccc1. The van der Waals surface area contributed by atoms with Gasteiger partial charge in [0.25, 0.3) is 11.8 Å². The molecule has 2 heterocycles. The molecule has 0 spiro atoms. The highest BCUT2D eigenvalue weighted by molar-refractivity contribution is 6.26. The Morgan fingerprint density at radius 3 is 2.39 bits per heavy atom. The Morgan fingerprint density at radius 1 is 0.913 bits per heavy atom. The number of carbonyl (C=O) groups excluding carboxylic acids is 2. The number of carbonyl (C=O) groups is 2. The predicted molar refractivity (Wildman–Crippen MR) is 80.2 cm³/mol. The van der Waals surface area contributed by atoms with E-state index in [1.807, 2.05) is 0 Å². The maximum atomic E-state index is 13.4. The van der Waals surface area contributed by atoms with Crippen LogP contribution in [0.2, 0.25) is 0 Å². The lowest BCUT2D eigenvalue weighted by molar-refractivity contribution is -0.121. The topological polar surface area (TPSA) is 65.3 Å². The highest BCUT2D eigenvalue weighted by Gasteiger charge is 2.55. The molecule has 2 aromatic carbocycles. The van der Waals surface area contributed by atoms with Crippen molar-refractivity contribution in [3.63, 3.8) is 0 Å². The minimum absolute atomic E-state index is 0.386. The van der Waals surface area contributed by atoms with Gasteiger partial charge in [0, 0.05) is 0 Å². The molecule has 4 rings (SSSR count). The first-order valence-electron chi connectivity index (χ1n) is 7.05. The van der Waals surface area contributed by atoms with Crippen LogP contribution in [-0.4, -0.2) is 23.9 Å². The molecule has 2 aliphatic heterocycles. The summed E-state index contributed by atoms with van der Waals surface area (Å²) in [6.45, 7) is 0. The second-order valence-corrected chi connectivity index (χ2v) is 5.27. The molecule has 1 fully saturated rings. The molecule has 1 saturated heterocycles. The van der Waals surface area contributed by atoms with Crippen LogP contribution in [0.1, 0.15) is 0 Å². The summed E-state index contributed by atoms with van der Waals surface area (Å²) >= 11 is 0. The first kappa shape index (κ1) is 13.6. The van der Waals surface area contributed by atoms with Gasteiger partial charge in [0.15, 0.2) is 12.1 Å². The number of para-hydroxylation sites is 1. The molecule has 2 unspecified atom stereocenters. The number of halogens is 1. The van der Waals surface area contributed by atoms with E-state index in [2.05, 4.69) is 10.3 Å². The van der Waals surface area contributed by atoms with Gasteiger partial charge in [0.1, 0.15) is 5.82 Å². The van der Waals surface area contributed by atoms with Crippen LogP contribution in [-0.2, 0) is 9.59 Å². The van der Waals surface area contributed by atoms with Crippen molar-refractivity contribution in [2.45, 2.75) is 12.1 Å². The summed E-state index contributed by atoms with van der Waals surface area (Å²) in [4.78, 5) is 26.3.